The van der Waals surface area contributed by atoms with Crippen molar-refractivity contribution in [2.24, 2.45) is 11.3 Å². The quantitative estimate of drug-likeness (QED) is 0.730. The van der Waals surface area contributed by atoms with Gasteiger partial charge in [-0.25, -0.2) is 0 Å². The third-order valence-corrected chi connectivity index (χ3v) is 3.94. The maximum Gasteiger partial charge on any atom is 0.0587 e. The van der Waals surface area contributed by atoms with Gasteiger partial charge in [0.1, 0.15) is 0 Å². The molecule has 1 aliphatic carbocycles. The molecule has 2 nitrogen and oxygen atoms in total. The summed E-state index contributed by atoms with van der Waals surface area (Å²) in [6.07, 6.45) is 4.44. The Morgan fingerprint density at radius 3 is 2.29 bits per heavy atom. The minimum atomic E-state index is 0.586. The predicted molar refractivity (Wildman–Crippen MR) is 74.3 cm³/mol. The Hall–Kier alpha value is -0.0800. The molecular weight excluding hydrogens is 210 g/mol. The number of ether oxygens (including phenoxy) is 1. The van der Waals surface area contributed by atoms with Crippen LogP contribution in [-0.2, 0) is 4.74 Å². The van der Waals surface area contributed by atoms with Crippen LogP contribution in [-0.4, -0.2) is 37.2 Å². The van der Waals surface area contributed by atoms with Crippen molar-refractivity contribution >= 4 is 0 Å². The van der Waals surface area contributed by atoms with Gasteiger partial charge >= 0.3 is 0 Å². The van der Waals surface area contributed by atoms with Crippen LogP contribution in [0.25, 0.3) is 0 Å². The molecule has 1 heterocycles. The van der Waals surface area contributed by atoms with E-state index in [-0.39, 0.29) is 0 Å². The van der Waals surface area contributed by atoms with Crippen molar-refractivity contribution in [3.8, 4) is 0 Å². The molecule has 0 aromatic rings. The molecular formula is C15H31NO. The summed E-state index contributed by atoms with van der Waals surface area (Å²) in [7, 11) is 0. The SMILES string of the molecule is CC.CCN1CC2(CC(OCCC(C)C)C2)C1. The number of likely N-dealkylation sites (tertiary alicyclic amines) is 1. The van der Waals surface area contributed by atoms with Crippen LogP contribution in [0.15, 0.2) is 0 Å². The minimum Gasteiger partial charge on any atom is -0.378 e. The maximum atomic E-state index is 5.87. The Kier molecular flexibility index (Phi) is 5.94. The van der Waals surface area contributed by atoms with E-state index >= 15 is 0 Å². The van der Waals surface area contributed by atoms with Crippen molar-refractivity contribution in [1.29, 1.82) is 0 Å². The number of hydrogen-bond donors (Lipinski definition) is 0. The van der Waals surface area contributed by atoms with Gasteiger partial charge in [-0.3, -0.25) is 0 Å². The average molecular weight is 241 g/mol. The Labute approximate surface area is 108 Å². The van der Waals surface area contributed by atoms with E-state index < -0.39 is 0 Å². The maximum absolute atomic E-state index is 5.87. The lowest BCUT2D eigenvalue weighted by Gasteiger charge is -2.58. The van der Waals surface area contributed by atoms with Gasteiger partial charge in [-0.1, -0.05) is 34.6 Å². The van der Waals surface area contributed by atoms with E-state index in [4.69, 9.17) is 4.74 Å². The Balaban J connectivity index is 0.000000686. The summed E-state index contributed by atoms with van der Waals surface area (Å²) < 4.78 is 5.87. The van der Waals surface area contributed by atoms with Gasteiger partial charge < -0.3 is 9.64 Å². The highest BCUT2D eigenvalue weighted by molar-refractivity contribution is 5.04. The first-order chi connectivity index (χ1) is 8.13. The van der Waals surface area contributed by atoms with Gasteiger partial charge in [0.05, 0.1) is 6.10 Å². The van der Waals surface area contributed by atoms with Crippen LogP contribution in [0.2, 0.25) is 0 Å². The van der Waals surface area contributed by atoms with E-state index in [0.717, 1.165) is 12.5 Å². The fourth-order valence-corrected chi connectivity index (χ4v) is 2.88. The van der Waals surface area contributed by atoms with Gasteiger partial charge in [0, 0.05) is 25.1 Å². The van der Waals surface area contributed by atoms with Gasteiger partial charge in [-0.05, 0) is 31.7 Å². The molecule has 2 fully saturated rings. The monoisotopic (exact) mass is 241 g/mol. The van der Waals surface area contributed by atoms with Crippen LogP contribution in [0.5, 0.6) is 0 Å². The smallest absolute Gasteiger partial charge is 0.0587 e. The largest absolute Gasteiger partial charge is 0.378 e. The summed E-state index contributed by atoms with van der Waals surface area (Å²) in [5, 5.41) is 0. The van der Waals surface area contributed by atoms with E-state index in [1.807, 2.05) is 13.8 Å². The summed E-state index contributed by atoms with van der Waals surface area (Å²) in [4.78, 5) is 2.53. The van der Waals surface area contributed by atoms with Crippen molar-refractivity contribution in [2.75, 3.05) is 26.2 Å². The Bertz CT molecular complexity index is 201. The Morgan fingerprint density at radius 2 is 1.82 bits per heavy atom. The third kappa shape index (κ3) is 3.96. The number of rotatable bonds is 5. The minimum absolute atomic E-state index is 0.586. The van der Waals surface area contributed by atoms with Crippen molar-refractivity contribution in [1.82, 2.24) is 4.90 Å². The fourth-order valence-electron chi connectivity index (χ4n) is 2.88. The highest BCUT2D eigenvalue weighted by Gasteiger charge is 2.51. The second-order valence-corrected chi connectivity index (χ2v) is 5.89. The summed E-state index contributed by atoms with van der Waals surface area (Å²) in [6.45, 7) is 15.6. The molecule has 0 N–H and O–H groups in total. The summed E-state index contributed by atoms with van der Waals surface area (Å²) in [5.41, 5.74) is 0.679. The van der Waals surface area contributed by atoms with Gasteiger partial charge in [-0.15, -0.1) is 0 Å². The summed E-state index contributed by atoms with van der Waals surface area (Å²) in [5.74, 6) is 0.776. The molecule has 0 unspecified atom stereocenters. The predicted octanol–water partition coefficient (Wildman–Crippen LogP) is 3.56. The van der Waals surface area contributed by atoms with E-state index in [1.54, 1.807) is 0 Å². The highest BCUT2D eigenvalue weighted by atomic mass is 16.5. The number of hydrogen-bond acceptors (Lipinski definition) is 2. The van der Waals surface area contributed by atoms with E-state index in [0.29, 0.717) is 11.5 Å². The van der Waals surface area contributed by atoms with Gasteiger partial charge in [0.2, 0.25) is 0 Å². The average Bonchev–Trinajstić information content (AvgIpc) is 2.21. The molecule has 2 aliphatic rings. The van der Waals surface area contributed by atoms with Crippen LogP contribution in [0, 0.1) is 11.3 Å². The second-order valence-electron chi connectivity index (χ2n) is 5.89. The Morgan fingerprint density at radius 1 is 1.24 bits per heavy atom. The van der Waals surface area contributed by atoms with Crippen LogP contribution in [0.4, 0.5) is 0 Å². The standard InChI is InChI=1S/C13H25NO.C2H6/c1-4-14-9-13(10-14)7-12(8-13)15-6-5-11(2)3;1-2/h11-12H,4-10H2,1-3H3;1-2H3. The molecule has 0 atom stereocenters. The summed E-state index contributed by atoms with van der Waals surface area (Å²) >= 11 is 0. The molecule has 2 rings (SSSR count). The molecule has 1 saturated heterocycles. The second kappa shape index (κ2) is 6.75. The van der Waals surface area contributed by atoms with Crippen molar-refractivity contribution in [3.63, 3.8) is 0 Å². The fraction of sp³-hybridized carbons (Fsp3) is 1.00. The first-order valence-corrected chi connectivity index (χ1v) is 7.47. The zero-order valence-corrected chi connectivity index (χ0v) is 12.5. The van der Waals surface area contributed by atoms with Gasteiger partial charge in [0.25, 0.3) is 0 Å². The molecule has 2 heteroatoms. The van der Waals surface area contributed by atoms with Crippen LogP contribution < -0.4 is 0 Å². The normalized spacial score (nSPS) is 22.9. The van der Waals surface area contributed by atoms with Crippen molar-refractivity contribution in [3.05, 3.63) is 0 Å². The lowest BCUT2D eigenvalue weighted by molar-refractivity contribution is -0.150. The third-order valence-electron chi connectivity index (χ3n) is 3.94. The van der Waals surface area contributed by atoms with Gasteiger partial charge in [0.15, 0.2) is 0 Å². The topological polar surface area (TPSA) is 12.5 Å². The van der Waals surface area contributed by atoms with Gasteiger partial charge in [-0.2, -0.15) is 0 Å². The zero-order chi connectivity index (χ0) is 12.9. The molecule has 1 spiro atoms. The molecule has 102 valence electrons. The first kappa shape index (κ1) is 15.0. The molecule has 1 aliphatic heterocycles. The molecule has 17 heavy (non-hydrogen) atoms. The van der Waals surface area contributed by atoms with Crippen LogP contribution in [0.1, 0.15) is 53.9 Å². The van der Waals surface area contributed by atoms with E-state index in [9.17, 15) is 0 Å². The number of nitrogens with zero attached hydrogens (tertiary/aromatic N) is 1. The molecule has 0 radical (unpaired) electrons. The lowest BCUT2D eigenvalue weighted by atomic mass is 9.62. The zero-order valence-electron chi connectivity index (χ0n) is 12.5. The van der Waals surface area contributed by atoms with E-state index in [2.05, 4.69) is 25.7 Å². The van der Waals surface area contributed by atoms with Crippen molar-refractivity contribution < 1.29 is 4.74 Å². The van der Waals surface area contributed by atoms with Crippen LogP contribution in [0.3, 0.4) is 0 Å². The molecule has 0 aromatic carbocycles. The van der Waals surface area contributed by atoms with Crippen LogP contribution >= 0.6 is 0 Å². The molecule has 0 aromatic heterocycles. The summed E-state index contributed by atoms with van der Waals surface area (Å²) in [6, 6.07) is 0. The highest BCUT2D eigenvalue weighted by Crippen LogP contribution is 2.49. The van der Waals surface area contributed by atoms with Crippen molar-refractivity contribution in [2.45, 2.75) is 60.0 Å². The molecule has 0 bridgehead atoms. The first-order valence-electron chi connectivity index (χ1n) is 7.47. The van der Waals surface area contributed by atoms with E-state index in [1.165, 1.54) is 38.9 Å². The lowest BCUT2D eigenvalue weighted by Crippen LogP contribution is -2.63. The molecule has 0 amide bonds. The molecule has 1 saturated carbocycles.